The number of hydrogen-bond donors (Lipinski definition) is 0. The van der Waals surface area contributed by atoms with E-state index in [9.17, 15) is 0 Å². The number of hydrogen-bond acceptors (Lipinski definition) is 1. The molecule has 0 saturated heterocycles. The molecule has 0 radical (unpaired) electrons. The molecule has 1 nitrogen and oxygen atoms in total. The summed E-state index contributed by atoms with van der Waals surface area (Å²) in [7, 11) is 1.84. The molecule has 0 aromatic heterocycles. The second-order valence-electron chi connectivity index (χ2n) is 4.12. The quantitative estimate of drug-likeness (QED) is 0.597. The molecule has 0 unspecified atom stereocenters. The van der Waals surface area contributed by atoms with Crippen LogP contribution in [0, 0.1) is 17.8 Å². The van der Waals surface area contributed by atoms with Crippen LogP contribution in [0.1, 0.15) is 33.6 Å². The van der Waals surface area contributed by atoms with Crippen LogP contribution in [0.3, 0.4) is 0 Å². The van der Waals surface area contributed by atoms with Crippen LogP contribution in [-0.4, -0.2) is 13.2 Å². The van der Waals surface area contributed by atoms with Crippen molar-refractivity contribution in [1.29, 1.82) is 0 Å². The second kappa shape index (κ2) is 3.57. The summed E-state index contributed by atoms with van der Waals surface area (Å²) >= 11 is 0. The Balaban J connectivity index is 2.48. The number of methoxy groups -OCH3 is 1. The van der Waals surface area contributed by atoms with Crippen molar-refractivity contribution in [2.75, 3.05) is 7.11 Å². The van der Waals surface area contributed by atoms with Gasteiger partial charge in [-0.15, -0.1) is 0 Å². The highest BCUT2D eigenvalue weighted by molar-refractivity contribution is 4.84. The summed E-state index contributed by atoms with van der Waals surface area (Å²) in [5.74, 6) is 2.48. The van der Waals surface area contributed by atoms with Crippen LogP contribution in [0.5, 0.6) is 0 Å². The molecule has 0 aliphatic heterocycles. The molecule has 0 N–H and O–H groups in total. The lowest BCUT2D eigenvalue weighted by Gasteiger charge is -2.22. The van der Waals surface area contributed by atoms with Crippen LogP contribution < -0.4 is 0 Å². The van der Waals surface area contributed by atoms with Crippen LogP contribution in [0.4, 0.5) is 0 Å². The minimum atomic E-state index is 0.530. The molecule has 0 spiro atoms. The van der Waals surface area contributed by atoms with Gasteiger partial charge >= 0.3 is 0 Å². The van der Waals surface area contributed by atoms with Gasteiger partial charge in [0.15, 0.2) is 0 Å². The summed E-state index contributed by atoms with van der Waals surface area (Å²) in [4.78, 5) is 0. The molecular weight excluding hydrogens is 136 g/mol. The molecule has 1 saturated carbocycles. The zero-order valence-corrected chi connectivity index (χ0v) is 8.13. The standard InChI is InChI=1S/C10H20O/c1-7(2)9-5-6-10(11-4)8(9)3/h7-10H,5-6H2,1-4H3/t8-,9-,10+/m1/s1. The van der Waals surface area contributed by atoms with Gasteiger partial charge in [0.2, 0.25) is 0 Å². The van der Waals surface area contributed by atoms with Crippen molar-refractivity contribution in [3.05, 3.63) is 0 Å². The Hall–Kier alpha value is -0.0400. The van der Waals surface area contributed by atoms with Gasteiger partial charge in [0, 0.05) is 7.11 Å². The summed E-state index contributed by atoms with van der Waals surface area (Å²) in [6.45, 7) is 6.96. The molecular formula is C10H20O. The van der Waals surface area contributed by atoms with E-state index in [1.807, 2.05) is 7.11 Å². The van der Waals surface area contributed by atoms with Crippen molar-refractivity contribution in [1.82, 2.24) is 0 Å². The molecule has 66 valence electrons. The molecule has 0 aromatic carbocycles. The van der Waals surface area contributed by atoms with E-state index in [0.29, 0.717) is 6.10 Å². The van der Waals surface area contributed by atoms with Gasteiger partial charge in [-0.1, -0.05) is 20.8 Å². The fourth-order valence-electron chi connectivity index (χ4n) is 2.43. The van der Waals surface area contributed by atoms with Crippen LogP contribution in [-0.2, 0) is 4.74 Å². The Morgan fingerprint density at radius 1 is 1.27 bits per heavy atom. The fourth-order valence-corrected chi connectivity index (χ4v) is 2.43. The van der Waals surface area contributed by atoms with E-state index in [-0.39, 0.29) is 0 Å². The summed E-state index contributed by atoms with van der Waals surface area (Å²) in [6.07, 6.45) is 3.15. The summed E-state index contributed by atoms with van der Waals surface area (Å²) in [5, 5.41) is 0. The van der Waals surface area contributed by atoms with Gasteiger partial charge in [0.05, 0.1) is 6.10 Å². The Morgan fingerprint density at radius 2 is 1.91 bits per heavy atom. The lowest BCUT2D eigenvalue weighted by molar-refractivity contribution is 0.0629. The molecule has 0 aromatic rings. The van der Waals surface area contributed by atoms with Crippen LogP contribution >= 0.6 is 0 Å². The highest BCUT2D eigenvalue weighted by Gasteiger charge is 2.34. The molecule has 3 atom stereocenters. The van der Waals surface area contributed by atoms with Crippen LogP contribution in [0.25, 0.3) is 0 Å². The van der Waals surface area contributed by atoms with Gasteiger partial charge in [-0.2, -0.15) is 0 Å². The van der Waals surface area contributed by atoms with Gasteiger partial charge in [-0.05, 0) is 30.6 Å². The molecule has 1 aliphatic rings. The normalized spacial score (nSPS) is 38.5. The fraction of sp³-hybridized carbons (Fsp3) is 1.00. The van der Waals surface area contributed by atoms with E-state index < -0.39 is 0 Å². The highest BCUT2D eigenvalue weighted by Crippen LogP contribution is 2.37. The Morgan fingerprint density at radius 3 is 2.18 bits per heavy atom. The first kappa shape index (κ1) is 9.05. The van der Waals surface area contributed by atoms with Gasteiger partial charge < -0.3 is 4.74 Å². The maximum absolute atomic E-state index is 5.40. The third kappa shape index (κ3) is 1.76. The average Bonchev–Trinajstić information content (AvgIpc) is 2.30. The van der Waals surface area contributed by atoms with Gasteiger partial charge in [-0.3, -0.25) is 0 Å². The van der Waals surface area contributed by atoms with Crippen molar-refractivity contribution in [3.8, 4) is 0 Å². The van der Waals surface area contributed by atoms with E-state index in [1.165, 1.54) is 12.8 Å². The number of ether oxygens (including phenoxy) is 1. The van der Waals surface area contributed by atoms with Crippen molar-refractivity contribution < 1.29 is 4.74 Å². The van der Waals surface area contributed by atoms with E-state index in [0.717, 1.165) is 17.8 Å². The van der Waals surface area contributed by atoms with Crippen LogP contribution in [0.15, 0.2) is 0 Å². The zero-order chi connectivity index (χ0) is 8.43. The minimum absolute atomic E-state index is 0.530. The molecule has 0 amide bonds. The monoisotopic (exact) mass is 156 g/mol. The Labute approximate surface area is 70.1 Å². The first-order valence-electron chi connectivity index (χ1n) is 4.69. The van der Waals surface area contributed by atoms with Gasteiger partial charge in [0.1, 0.15) is 0 Å². The second-order valence-corrected chi connectivity index (χ2v) is 4.12. The van der Waals surface area contributed by atoms with Crippen molar-refractivity contribution in [3.63, 3.8) is 0 Å². The highest BCUT2D eigenvalue weighted by atomic mass is 16.5. The summed E-state index contributed by atoms with van der Waals surface area (Å²) in [6, 6.07) is 0. The predicted molar refractivity (Wildman–Crippen MR) is 47.5 cm³/mol. The van der Waals surface area contributed by atoms with E-state index >= 15 is 0 Å². The molecule has 1 rings (SSSR count). The summed E-state index contributed by atoms with van der Waals surface area (Å²) < 4.78 is 5.40. The lowest BCUT2D eigenvalue weighted by atomic mass is 9.87. The van der Waals surface area contributed by atoms with Crippen molar-refractivity contribution in [2.45, 2.75) is 39.7 Å². The van der Waals surface area contributed by atoms with E-state index in [2.05, 4.69) is 20.8 Å². The summed E-state index contributed by atoms with van der Waals surface area (Å²) in [5.41, 5.74) is 0. The minimum Gasteiger partial charge on any atom is -0.381 e. The van der Waals surface area contributed by atoms with E-state index in [1.54, 1.807) is 0 Å². The molecule has 0 bridgehead atoms. The molecule has 1 fully saturated rings. The van der Waals surface area contributed by atoms with Crippen LogP contribution in [0.2, 0.25) is 0 Å². The molecule has 11 heavy (non-hydrogen) atoms. The first-order chi connectivity index (χ1) is 5.16. The maximum atomic E-state index is 5.40. The molecule has 1 heteroatoms. The Kier molecular flexibility index (Phi) is 2.94. The average molecular weight is 156 g/mol. The topological polar surface area (TPSA) is 9.23 Å². The molecule has 0 heterocycles. The van der Waals surface area contributed by atoms with Crippen molar-refractivity contribution in [2.24, 2.45) is 17.8 Å². The lowest BCUT2D eigenvalue weighted by Crippen LogP contribution is -2.20. The van der Waals surface area contributed by atoms with Crippen molar-refractivity contribution >= 4 is 0 Å². The maximum Gasteiger partial charge on any atom is 0.0599 e. The Bertz CT molecular complexity index is 120. The number of rotatable bonds is 2. The largest absolute Gasteiger partial charge is 0.381 e. The third-order valence-electron chi connectivity index (χ3n) is 3.21. The van der Waals surface area contributed by atoms with Gasteiger partial charge in [-0.25, -0.2) is 0 Å². The first-order valence-corrected chi connectivity index (χ1v) is 4.69. The SMILES string of the molecule is CO[C@H]1CC[C@H](C(C)C)[C@H]1C. The predicted octanol–water partition coefficient (Wildman–Crippen LogP) is 2.70. The molecule has 1 aliphatic carbocycles. The third-order valence-corrected chi connectivity index (χ3v) is 3.21. The van der Waals surface area contributed by atoms with E-state index in [4.69, 9.17) is 4.74 Å². The van der Waals surface area contributed by atoms with Gasteiger partial charge in [0.25, 0.3) is 0 Å². The zero-order valence-electron chi connectivity index (χ0n) is 8.13. The smallest absolute Gasteiger partial charge is 0.0599 e.